The first-order valence-corrected chi connectivity index (χ1v) is 8.63. The first kappa shape index (κ1) is 16.7. The summed E-state index contributed by atoms with van der Waals surface area (Å²) in [6, 6.07) is 5.97. The molecule has 0 spiro atoms. The molecule has 118 valence electrons. The highest BCUT2D eigenvalue weighted by molar-refractivity contribution is 7.89. The van der Waals surface area contributed by atoms with Crippen LogP contribution in [0, 0.1) is 11.3 Å². The number of nitrogens with zero attached hydrogens (tertiary/aromatic N) is 3. The molecule has 0 unspecified atom stereocenters. The van der Waals surface area contributed by atoms with Crippen LogP contribution in [0.4, 0.5) is 0 Å². The fourth-order valence-electron chi connectivity index (χ4n) is 2.35. The number of hydrogen-bond donors (Lipinski definition) is 0. The predicted molar refractivity (Wildman–Crippen MR) is 81.8 cm³/mol. The standard InChI is InChI=1S/C14H16ClN3O3S/c1-11(19)17-5-2-6-18(8-7-17)22(20,21)13-4-3-12(10-16)14(15)9-13/h3-4,9H,2,5-8H2,1H3. The van der Waals surface area contributed by atoms with E-state index in [1.165, 1.54) is 29.4 Å². The Kier molecular flexibility index (Phi) is 5.06. The summed E-state index contributed by atoms with van der Waals surface area (Å²) in [5.74, 6) is -0.0549. The fourth-order valence-corrected chi connectivity index (χ4v) is 4.13. The van der Waals surface area contributed by atoms with Gasteiger partial charge < -0.3 is 4.90 Å². The molecule has 1 aromatic rings. The maximum atomic E-state index is 12.6. The molecule has 1 heterocycles. The minimum Gasteiger partial charge on any atom is -0.342 e. The highest BCUT2D eigenvalue weighted by Gasteiger charge is 2.27. The van der Waals surface area contributed by atoms with Crippen LogP contribution < -0.4 is 0 Å². The summed E-state index contributed by atoms with van der Waals surface area (Å²) in [5, 5.41) is 8.96. The van der Waals surface area contributed by atoms with Gasteiger partial charge in [0.1, 0.15) is 6.07 Å². The van der Waals surface area contributed by atoms with Gasteiger partial charge in [0, 0.05) is 33.1 Å². The zero-order valence-electron chi connectivity index (χ0n) is 12.1. The highest BCUT2D eigenvalue weighted by Crippen LogP contribution is 2.23. The van der Waals surface area contributed by atoms with Crippen LogP contribution in [0.15, 0.2) is 23.1 Å². The summed E-state index contributed by atoms with van der Waals surface area (Å²) in [6.07, 6.45) is 0.586. The largest absolute Gasteiger partial charge is 0.342 e. The third kappa shape index (κ3) is 3.40. The van der Waals surface area contributed by atoms with E-state index in [0.717, 1.165) is 0 Å². The summed E-state index contributed by atoms with van der Waals surface area (Å²) in [4.78, 5) is 13.1. The van der Waals surface area contributed by atoms with Crippen molar-refractivity contribution < 1.29 is 13.2 Å². The SMILES string of the molecule is CC(=O)N1CCCN(S(=O)(=O)c2ccc(C#N)c(Cl)c2)CC1. The molecule has 0 bridgehead atoms. The van der Waals surface area contributed by atoms with Crippen LogP contribution in [-0.4, -0.2) is 49.7 Å². The number of amides is 1. The van der Waals surface area contributed by atoms with E-state index in [1.807, 2.05) is 6.07 Å². The van der Waals surface area contributed by atoms with E-state index in [2.05, 4.69) is 0 Å². The lowest BCUT2D eigenvalue weighted by Crippen LogP contribution is -2.36. The van der Waals surface area contributed by atoms with Gasteiger partial charge in [-0.2, -0.15) is 9.57 Å². The molecule has 0 radical (unpaired) electrons. The van der Waals surface area contributed by atoms with Crippen molar-refractivity contribution in [2.45, 2.75) is 18.2 Å². The molecular weight excluding hydrogens is 326 g/mol. The molecule has 0 atom stereocenters. The summed E-state index contributed by atoms with van der Waals surface area (Å²) >= 11 is 5.91. The second-order valence-corrected chi connectivity index (χ2v) is 7.36. The van der Waals surface area contributed by atoms with E-state index in [4.69, 9.17) is 16.9 Å². The van der Waals surface area contributed by atoms with Gasteiger partial charge in [-0.3, -0.25) is 4.79 Å². The van der Waals surface area contributed by atoms with Gasteiger partial charge >= 0.3 is 0 Å². The molecule has 8 heteroatoms. The van der Waals surface area contributed by atoms with Gasteiger partial charge in [-0.15, -0.1) is 0 Å². The Morgan fingerprint density at radius 1 is 1.27 bits per heavy atom. The average Bonchev–Trinajstić information content (AvgIpc) is 2.73. The summed E-state index contributed by atoms with van der Waals surface area (Å²) in [6.45, 7) is 3.00. The average molecular weight is 342 g/mol. The van der Waals surface area contributed by atoms with Crippen LogP contribution in [0.5, 0.6) is 0 Å². The molecule has 0 aliphatic carbocycles. The number of nitriles is 1. The summed E-state index contributed by atoms with van der Waals surface area (Å²) in [5.41, 5.74) is 0.235. The number of halogens is 1. The quantitative estimate of drug-likeness (QED) is 0.815. The molecule has 1 aromatic carbocycles. The van der Waals surface area contributed by atoms with Crippen LogP contribution >= 0.6 is 11.6 Å². The Morgan fingerprint density at radius 2 is 2.00 bits per heavy atom. The number of hydrogen-bond acceptors (Lipinski definition) is 4. The molecule has 1 fully saturated rings. The molecule has 1 aliphatic rings. The molecule has 0 saturated carbocycles. The van der Waals surface area contributed by atoms with Crippen molar-refractivity contribution in [3.05, 3.63) is 28.8 Å². The van der Waals surface area contributed by atoms with Gasteiger partial charge in [-0.05, 0) is 24.6 Å². The van der Waals surface area contributed by atoms with Crippen LogP contribution in [0.2, 0.25) is 5.02 Å². The van der Waals surface area contributed by atoms with E-state index >= 15 is 0 Å². The molecule has 0 aromatic heterocycles. The minimum absolute atomic E-state index is 0.0549. The molecule has 2 rings (SSSR count). The van der Waals surface area contributed by atoms with Gasteiger partial charge in [-0.1, -0.05) is 11.6 Å². The Morgan fingerprint density at radius 3 is 2.59 bits per heavy atom. The smallest absolute Gasteiger partial charge is 0.243 e. The van der Waals surface area contributed by atoms with E-state index in [-0.39, 0.29) is 27.9 Å². The van der Waals surface area contributed by atoms with E-state index in [9.17, 15) is 13.2 Å². The van der Waals surface area contributed by atoms with Crippen molar-refractivity contribution in [2.75, 3.05) is 26.2 Å². The maximum absolute atomic E-state index is 12.6. The normalized spacial score (nSPS) is 16.9. The lowest BCUT2D eigenvalue weighted by molar-refractivity contribution is -0.128. The number of sulfonamides is 1. The third-order valence-corrected chi connectivity index (χ3v) is 5.81. The molecule has 1 amide bonds. The number of carbonyl (C=O) groups excluding carboxylic acids is 1. The lowest BCUT2D eigenvalue weighted by Gasteiger charge is -2.21. The second-order valence-electron chi connectivity index (χ2n) is 5.02. The third-order valence-electron chi connectivity index (χ3n) is 3.60. The molecule has 6 nitrogen and oxygen atoms in total. The predicted octanol–water partition coefficient (Wildman–Crippen LogP) is 1.45. The molecular formula is C14H16ClN3O3S. The second kappa shape index (κ2) is 6.65. The Balaban J connectivity index is 2.25. The van der Waals surface area contributed by atoms with E-state index in [1.54, 1.807) is 4.90 Å². The van der Waals surface area contributed by atoms with Crippen molar-refractivity contribution in [2.24, 2.45) is 0 Å². The van der Waals surface area contributed by atoms with Gasteiger partial charge in [0.05, 0.1) is 15.5 Å². The molecule has 22 heavy (non-hydrogen) atoms. The van der Waals surface area contributed by atoms with Gasteiger partial charge in [0.2, 0.25) is 15.9 Å². The van der Waals surface area contributed by atoms with Crippen molar-refractivity contribution >= 4 is 27.5 Å². The van der Waals surface area contributed by atoms with Crippen molar-refractivity contribution in [3.8, 4) is 6.07 Å². The number of benzene rings is 1. The zero-order chi connectivity index (χ0) is 16.3. The van der Waals surface area contributed by atoms with Crippen LogP contribution in [0.1, 0.15) is 18.9 Å². The molecule has 1 saturated heterocycles. The van der Waals surface area contributed by atoms with Crippen molar-refractivity contribution in [1.82, 2.24) is 9.21 Å². The first-order chi connectivity index (χ1) is 10.4. The lowest BCUT2D eigenvalue weighted by atomic mass is 10.2. The van der Waals surface area contributed by atoms with Crippen LogP contribution in [0.25, 0.3) is 0 Å². The number of rotatable bonds is 2. The molecule has 0 N–H and O–H groups in total. The summed E-state index contributed by atoms with van der Waals surface area (Å²) in [7, 11) is -3.68. The summed E-state index contributed by atoms with van der Waals surface area (Å²) < 4.78 is 26.7. The monoisotopic (exact) mass is 341 g/mol. The van der Waals surface area contributed by atoms with Gasteiger partial charge in [0.15, 0.2) is 0 Å². The number of carbonyl (C=O) groups is 1. The molecule has 1 aliphatic heterocycles. The maximum Gasteiger partial charge on any atom is 0.243 e. The van der Waals surface area contributed by atoms with Crippen molar-refractivity contribution in [1.29, 1.82) is 5.26 Å². The van der Waals surface area contributed by atoms with Gasteiger partial charge in [-0.25, -0.2) is 8.42 Å². The van der Waals surface area contributed by atoms with Gasteiger partial charge in [0.25, 0.3) is 0 Å². The van der Waals surface area contributed by atoms with E-state index < -0.39 is 10.0 Å². The first-order valence-electron chi connectivity index (χ1n) is 6.81. The van der Waals surface area contributed by atoms with Crippen molar-refractivity contribution in [3.63, 3.8) is 0 Å². The minimum atomic E-state index is -3.68. The topological polar surface area (TPSA) is 81.5 Å². The Hall–Kier alpha value is -1.62. The van der Waals surface area contributed by atoms with E-state index in [0.29, 0.717) is 26.1 Å². The highest BCUT2D eigenvalue weighted by atomic mass is 35.5. The van der Waals surface area contributed by atoms with Crippen LogP contribution in [0.3, 0.4) is 0 Å². The fraction of sp³-hybridized carbons (Fsp3) is 0.429. The Labute approximate surface area is 134 Å². The van der Waals surface area contributed by atoms with Crippen LogP contribution in [-0.2, 0) is 14.8 Å². The zero-order valence-corrected chi connectivity index (χ0v) is 13.7. The Bertz CT molecular complexity index is 727.